The van der Waals surface area contributed by atoms with Gasteiger partial charge in [0.1, 0.15) is 0 Å². The summed E-state index contributed by atoms with van der Waals surface area (Å²) in [7, 11) is 0. The van der Waals surface area contributed by atoms with E-state index in [0.29, 0.717) is 12.1 Å². The summed E-state index contributed by atoms with van der Waals surface area (Å²) >= 11 is 0. The van der Waals surface area contributed by atoms with Crippen LogP contribution in [0, 0.1) is 5.92 Å². The van der Waals surface area contributed by atoms with E-state index in [1.807, 2.05) is 18.7 Å². The highest BCUT2D eigenvalue weighted by Crippen LogP contribution is 2.40. The van der Waals surface area contributed by atoms with Crippen molar-refractivity contribution in [2.24, 2.45) is 5.92 Å². The van der Waals surface area contributed by atoms with Crippen molar-refractivity contribution in [3.05, 3.63) is 0 Å². The number of nitrogens with zero attached hydrogens (tertiary/aromatic N) is 1. The number of amides is 1. The quantitative estimate of drug-likeness (QED) is 0.722. The Morgan fingerprint density at radius 1 is 1.31 bits per heavy atom. The molecule has 0 aromatic carbocycles. The lowest BCUT2D eigenvalue weighted by atomic mass is 9.89. The minimum Gasteiger partial charge on any atom is -0.447 e. The highest BCUT2D eigenvalue weighted by Gasteiger charge is 2.43. The molecule has 0 saturated carbocycles. The average molecular weight is 225 g/mol. The van der Waals surface area contributed by atoms with E-state index in [1.165, 1.54) is 32.1 Å². The monoisotopic (exact) mass is 225 g/mol. The number of carbonyl (C=O) groups excluding carboxylic acids is 1. The lowest BCUT2D eigenvalue weighted by Gasteiger charge is -2.38. The van der Waals surface area contributed by atoms with Crippen LogP contribution in [0.3, 0.4) is 0 Å². The molecule has 2 heterocycles. The third-order valence-corrected chi connectivity index (χ3v) is 3.96. The van der Waals surface area contributed by atoms with Crippen LogP contribution in [0.15, 0.2) is 0 Å². The van der Waals surface area contributed by atoms with Gasteiger partial charge in [-0.2, -0.15) is 0 Å². The van der Waals surface area contributed by atoms with Gasteiger partial charge in [-0.3, -0.25) is 0 Å². The number of rotatable bonds is 2. The van der Waals surface area contributed by atoms with Crippen LogP contribution in [0.1, 0.15) is 52.9 Å². The highest BCUT2D eigenvalue weighted by molar-refractivity contribution is 5.69. The first-order valence-corrected chi connectivity index (χ1v) is 6.60. The summed E-state index contributed by atoms with van der Waals surface area (Å²) in [6, 6.07) is 0.907. The maximum Gasteiger partial charge on any atom is 0.410 e. The maximum atomic E-state index is 12.0. The third-order valence-electron chi connectivity index (χ3n) is 3.96. The number of piperidine rings is 1. The van der Waals surface area contributed by atoms with Gasteiger partial charge < -0.3 is 9.64 Å². The van der Waals surface area contributed by atoms with Crippen molar-refractivity contribution in [2.75, 3.05) is 0 Å². The zero-order valence-electron chi connectivity index (χ0n) is 10.6. The summed E-state index contributed by atoms with van der Waals surface area (Å²) < 4.78 is 5.33. The Morgan fingerprint density at radius 3 is 2.31 bits per heavy atom. The van der Waals surface area contributed by atoms with Crippen LogP contribution in [0.25, 0.3) is 0 Å². The van der Waals surface area contributed by atoms with Crippen LogP contribution in [0.5, 0.6) is 0 Å². The Hall–Kier alpha value is -0.730. The van der Waals surface area contributed by atoms with Gasteiger partial charge in [-0.15, -0.1) is 0 Å². The molecule has 92 valence electrons. The molecule has 0 aromatic heterocycles. The first-order chi connectivity index (χ1) is 7.61. The fourth-order valence-electron chi connectivity index (χ4n) is 3.18. The minimum atomic E-state index is -0.0861. The Morgan fingerprint density at radius 2 is 1.88 bits per heavy atom. The summed E-state index contributed by atoms with van der Waals surface area (Å²) in [6.45, 7) is 6.09. The molecule has 16 heavy (non-hydrogen) atoms. The number of carbonyl (C=O) groups is 1. The molecule has 1 amide bonds. The van der Waals surface area contributed by atoms with E-state index in [0.717, 1.165) is 5.92 Å². The summed E-state index contributed by atoms with van der Waals surface area (Å²) in [5.41, 5.74) is 0. The molecule has 2 rings (SSSR count). The molecule has 0 radical (unpaired) electrons. The SMILES string of the molecule is CCC1CC2CCC(C1)N2C(=O)OC(C)C. The molecule has 2 bridgehead atoms. The van der Waals surface area contributed by atoms with Gasteiger partial charge in [-0.25, -0.2) is 4.79 Å². The normalized spacial score (nSPS) is 33.2. The van der Waals surface area contributed by atoms with Gasteiger partial charge in [-0.1, -0.05) is 13.3 Å². The van der Waals surface area contributed by atoms with Crippen LogP contribution in [0.4, 0.5) is 4.79 Å². The smallest absolute Gasteiger partial charge is 0.410 e. The lowest BCUT2D eigenvalue weighted by molar-refractivity contribution is 0.0398. The Kier molecular flexibility index (Phi) is 3.41. The highest BCUT2D eigenvalue weighted by atomic mass is 16.6. The Labute approximate surface area is 98.1 Å². The minimum absolute atomic E-state index is 0.00389. The van der Waals surface area contributed by atoms with Gasteiger partial charge in [0.25, 0.3) is 0 Å². The van der Waals surface area contributed by atoms with Crippen molar-refractivity contribution in [3.63, 3.8) is 0 Å². The fraction of sp³-hybridized carbons (Fsp3) is 0.923. The van der Waals surface area contributed by atoms with Crippen molar-refractivity contribution in [1.82, 2.24) is 4.90 Å². The molecule has 0 spiro atoms. The first-order valence-electron chi connectivity index (χ1n) is 6.60. The largest absolute Gasteiger partial charge is 0.447 e. The van der Waals surface area contributed by atoms with Gasteiger partial charge >= 0.3 is 6.09 Å². The average Bonchev–Trinajstić information content (AvgIpc) is 2.49. The molecule has 2 aliphatic rings. The standard InChI is InChI=1S/C13H23NO2/c1-4-10-7-11-5-6-12(8-10)14(11)13(15)16-9(2)3/h9-12H,4-8H2,1-3H3. The van der Waals surface area contributed by atoms with E-state index in [1.54, 1.807) is 0 Å². The molecule has 0 aromatic rings. The van der Waals surface area contributed by atoms with E-state index in [9.17, 15) is 4.79 Å². The second kappa shape index (κ2) is 4.64. The van der Waals surface area contributed by atoms with E-state index < -0.39 is 0 Å². The predicted octanol–water partition coefficient (Wildman–Crippen LogP) is 3.18. The molecule has 0 aliphatic carbocycles. The van der Waals surface area contributed by atoms with Gasteiger partial charge in [0.05, 0.1) is 6.10 Å². The number of ether oxygens (including phenoxy) is 1. The van der Waals surface area contributed by atoms with Crippen LogP contribution < -0.4 is 0 Å². The molecule has 2 atom stereocenters. The number of fused-ring (bicyclic) bond motifs is 2. The van der Waals surface area contributed by atoms with Crippen molar-refractivity contribution in [2.45, 2.75) is 71.1 Å². The molecule has 3 heteroatoms. The van der Waals surface area contributed by atoms with E-state index in [2.05, 4.69) is 6.92 Å². The fourth-order valence-corrected chi connectivity index (χ4v) is 3.18. The first kappa shape index (κ1) is 11.7. The molecule has 2 aliphatic heterocycles. The van der Waals surface area contributed by atoms with E-state index in [-0.39, 0.29) is 12.2 Å². The summed E-state index contributed by atoms with van der Waals surface area (Å²) in [4.78, 5) is 14.0. The molecule has 2 fully saturated rings. The van der Waals surface area contributed by atoms with E-state index in [4.69, 9.17) is 4.74 Å². The van der Waals surface area contributed by atoms with Gasteiger partial charge in [0, 0.05) is 12.1 Å². The summed E-state index contributed by atoms with van der Waals surface area (Å²) in [5.74, 6) is 0.820. The second-order valence-electron chi connectivity index (χ2n) is 5.47. The van der Waals surface area contributed by atoms with Crippen molar-refractivity contribution >= 4 is 6.09 Å². The van der Waals surface area contributed by atoms with Crippen molar-refractivity contribution in [1.29, 1.82) is 0 Å². The molecule has 0 N–H and O–H groups in total. The maximum absolute atomic E-state index is 12.0. The topological polar surface area (TPSA) is 29.5 Å². The van der Waals surface area contributed by atoms with Crippen molar-refractivity contribution in [3.8, 4) is 0 Å². The van der Waals surface area contributed by atoms with Crippen molar-refractivity contribution < 1.29 is 9.53 Å². The van der Waals surface area contributed by atoms with E-state index >= 15 is 0 Å². The molecular formula is C13H23NO2. The van der Waals surface area contributed by atoms with Crippen LogP contribution >= 0.6 is 0 Å². The zero-order chi connectivity index (χ0) is 11.7. The van der Waals surface area contributed by atoms with Gasteiger partial charge in [-0.05, 0) is 45.4 Å². The Balaban J connectivity index is 2.00. The Bertz CT molecular complexity index is 251. The van der Waals surface area contributed by atoms with Gasteiger partial charge in [0.15, 0.2) is 0 Å². The van der Waals surface area contributed by atoms with Gasteiger partial charge in [0.2, 0.25) is 0 Å². The predicted molar refractivity (Wildman–Crippen MR) is 63.3 cm³/mol. The van der Waals surface area contributed by atoms with Crippen LogP contribution in [-0.2, 0) is 4.74 Å². The molecular weight excluding hydrogens is 202 g/mol. The number of hydrogen-bond acceptors (Lipinski definition) is 2. The molecule has 2 unspecified atom stereocenters. The third kappa shape index (κ3) is 2.18. The molecule has 3 nitrogen and oxygen atoms in total. The van der Waals surface area contributed by atoms with Crippen LogP contribution in [-0.4, -0.2) is 29.2 Å². The summed E-state index contributed by atoms with van der Waals surface area (Å²) in [6.07, 6.45) is 5.87. The zero-order valence-corrected chi connectivity index (χ0v) is 10.6. The summed E-state index contributed by atoms with van der Waals surface area (Å²) in [5, 5.41) is 0. The second-order valence-corrected chi connectivity index (χ2v) is 5.47. The number of hydrogen-bond donors (Lipinski definition) is 0. The lowest BCUT2D eigenvalue weighted by Crippen LogP contribution is -2.47. The molecule has 2 saturated heterocycles. The van der Waals surface area contributed by atoms with Crippen LogP contribution in [0.2, 0.25) is 0 Å².